The molecule has 1 atom stereocenters. The van der Waals surface area contributed by atoms with E-state index in [1.54, 1.807) is 20.8 Å². The number of nitrogens with zero attached hydrogens (tertiary/aromatic N) is 5. The lowest BCUT2D eigenvalue weighted by molar-refractivity contribution is -0.387. The Hall–Kier alpha value is -3.11. The average molecular weight is 400 g/mol. The predicted molar refractivity (Wildman–Crippen MR) is 95.4 cm³/mol. The van der Waals surface area contributed by atoms with Crippen LogP contribution in [-0.2, 0) is 11.8 Å². The first-order valence-electron chi connectivity index (χ1n) is 9.53. The summed E-state index contributed by atoms with van der Waals surface area (Å²) in [6, 6.07) is -0.740. The summed E-state index contributed by atoms with van der Waals surface area (Å²) in [6.07, 6.45) is -1.00. The Bertz CT molecular complexity index is 1020. The molecule has 1 aromatic heterocycles. The van der Waals surface area contributed by atoms with Gasteiger partial charge in [-0.3, -0.25) is 10.1 Å². The number of rotatable bonds is 4. The molecular formula is C17H21F2N5O4. The van der Waals surface area contributed by atoms with Crippen LogP contribution in [0.4, 0.5) is 19.3 Å². The molecule has 0 bridgehead atoms. The number of carbonyl (C=O) groups excluding carboxylic acids is 1. The van der Waals surface area contributed by atoms with Crippen LogP contribution in [0.1, 0.15) is 43.5 Å². The van der Waals surface area contributed by atoms with Crippen LogP contribution in [0, 0.1) is 21.7 Å². The molecule has 0 fully saturated rings. The van der Waals surface area contributed by atoms with Gasteiger partial charge in [-0.25, -0.2) is 9.18 Å². The topological polar surface area (TPSA) is 103 Å². The number of benzene rings is 1. The Morgan fingerprint density at radius 3 is 2.57 bits per heavy atom. The molecule has 0 N–H and O–H groups in total. The van der Waals surface area contributed by atoms with Crippen molar-refractivity contribution in [3.8, 4) is 11.3 Å². The second-order valence-electron chi connectivity index (χ2n) is 6.96. The van der Waals surface area contributed by atoms with Crippen molar-refractivity contribution in [2.45, 2.75) is 39.3 Å². The van der Waals surface area contributed by atoms with E-state index in [0.717, 1.165) is 16.7 Å². The third-order valence-corrected chi connectivity index (χ3v) is 3.54. The maximum atomic E-state index is 14.8. The van der Waals surface area contributed by atoms with Gasteiger partial charge in [0.15, 0.2) is 0 Å². The fourth-order valence-corrected chi connectivity index (χ4v) is 2.30. The molecule has 28 heavy (non-hydrogen) atoms. The highest BCUT2D eigenvalue weighted by Crippen LogP contribution is 2.34. The molecule has 0 aliphatic heterocycles. The number of halogens is 2. The maximum absolute atomic E-state index is 14.8. The van der Waals surface area contributed by atoms with Crippen molar-refractivity contribution in [1.82, 2.24) is 19.9 Å². The summed E-state index contributed by atoms with van der Waals surface area (Å²) in [4.78, 5) is 24.1. The first-order valence-corrected chi connectivity index (χ1v) is 8.03. The van der Waals surface area contributed by atoms with E-state index >= 15 is 0 Å². The van der Waals surface area contributed by atoms with Gasteiger partial charge in [-0.15, -0.1) is 0 Å². The monoisotopic (exact) mass is 400 g/mol. The molecule has 0 radical (unpaired) electrons. The van der Waals surface area contributed by atoms with E-state index < -0.39 is 63.8 Å². The van der Waals surface area contributed by atoms with Crippen LogP contribution in [0.3, 0.4) is 0 Å². The summed E-state index contributed by atoms with van der Waals surface area (Å²) in [5.41, 5.74) is -3.63. The Balaban J connectivity index is 2.71. The summed E-state index contributed by atoms with van der Waals surface area (Å²) >= 11 is 0. The van der Waals surface area contributed by atoms with E-state index in [4.69, 9.17) is 8.85 Å². The Kier molecular flexibility index (Phi) is 4.55. The lowest BCUT2D eigenvalue weighted by Crippen LogP contribution is -2.36. The number of amides is 1. The molecule has 0 saturated carbocycles. The molecule has 9 nitrogen and oxygen atoms in total. The van der Waals surface area contributed by atoms with Gasteiger partial charge in [0.25, 0.3) is 0 Å². The molecule has 0 aliphatic carbocycles. The largest absolute Gasteiger partial charge is 0.444 e. The Morgan fingerprint density at radius 1 is 1.39 bits per heavy atom. The van der Waals surface area contributed by atoms with E-state index in [1.165, 1.54) is 7.05 Å². The minimum absolute atomic E-state index is 0.392. The second kappa shape index (κ2) is 7.49. The van der Waals surface area contributed by atoms with E-state index in [-0.39, 0.29) is 0 Å². The fraction of sp³-hybridized carbons (Fsp3) is 0.471. The van der Waals surface area contributed by atoms with Gasteiger partial charge in [0.2, 0.25) is 5.82 Å². The fourth-order valence-electron chi connectivity index (χ4n) is 2.30. The highest BCUT2D eigenvalue weighted by atomic mass is 19.1. The second-order valence-corrected chi connectivity index (χ2v) is 6.96. The molecule has 0 spiro atoms. The first-order chi connectivity index (χ1) is 14.0. The van der Waals surface area contributed by atoms with Gasteiger partial charge in [-0.2, -0.15) is 19.4 Å². The standard InChI is InChI=1S/C17H21F2N5O4/c1-9(22(5)16(25)28-17(2,3)4)14-15(21-23(6)20-14)11-7-10(18)8-12(13(11)19)24(26)27/h7-9H,1-6H3/i1D3. The number of nitro benzene ring substituents is 1. The van der Waals surface area contributed by atoms with Crippen molar-refractivity contribution in [2.24, 2.45) is 7.05 Å². The van der Waals surface area contributed by atoms with Crippen molar-refractivity contribution in [3.05, 3.63) is 39.6 Å². The van der Waals surface area contributed by atoms with Crippen molar-refractivity contribution in [2.75, 3.05) is 7.05 Å². The van der Waals surface area contributed by atoms with Crippen LogP contribution in [-0.4, -0.2) is 43.6 Å². The van der Waals surface area contributed by atoms with Crippen LogP contribution in [0.25, 0.3) is 11.3 Å². The SMILES string of the molecule is [2H]C([2H])([2H])C(c1nn(C)nc1-c1cc(F)cc([N+](=O)[O-])c1F)N(C)C(=O)OC(C)(C)C. The number of hydrogen-bond acceptors (Lipinski definition) is 6. The minimum atomic E-state index is -2.88. The number of carbonyl (C=O) groups is 1. The number of ether oxygens (including phenoxy) is 1. The molecule has 1 heterocycles. The molecule has 152 valence electrons. The van der Waals surface area contributed by atoms with Crippen LogP contribution in [0.2, 0.25) is 0 Å². The summed E-state index contributed by atoms with van der Waals surface area (Å²) in [7, 11) is 2.44. The van der Waals surface area contributed by atoms with E-state index in [0.29, 0.717) is 12.1 Å². The first kappa shape index (κ1) is 17.0. The summed E-state index contributed by atoms with van der Waals surface area (Å²) in [6.45, 7) is 1.86. The van der Waals surface area contributed by atoms with E-state index in [9.17, 15) is 23.7 Å². The lowest BCUT2D eigenvalue weighted by atomic mass is 10.0. The van der Waals surface area contributed by atoms with Crippen molar-refractivity contribution >= 4 is 11.8 Å². The van der Waals surface area contributed by atoms with Gasteiger partial charge < -0.3 is 9.64 Å². The van der Waals surface area contributed by atoms with Crippen molar-refractivity contribution in [1.29, 1.82) is 0 Å². The van der Waals surface area contributed by atoms with Gasteiger partial charge in [0, 0.05) is 23.8 Å². The third-order valence-electron chi connectivity index (χ3n) is 3.54. The Labute approximate surface area is 164 Å². The third kappa shape index (κ3) is 4.41. The number of nitro groups is 1. The lowest BCUT2D eigenvalue weighted by Gasteiger charge is -2.28. The molecule has 1 aromatic carbocycles. The highest BCUT2D eigenvalue weighted by Gasteiger charge is 2.31. The van der Waals surface area contributed by atoms with Crippen molar-refractivity contribution in [3.63, 3.8) is 0 Å². The summed E-state index contributed by atoms with van der Waals surface area (Å²) in [5.74, 6) is -2.55. The molecule has 2 rings (SSSR count). The zero-order chi connectivity index (χ0) is 23.9. The smallest absolute Gasteiger partial charge is 0.410 e. The molecule has 0 aliphatic rings. The number of hydrogen-bond donors (Lipinski definition) is 0. The van der Waals surface area contributed by atoms with Crippen LogP contribution in [0.5, 0.6) is 0 Å². The Morgan fingerprint density at radius 2 is 2.04 bits per heavy atom. The molecule has 1 unspecified atom stereocenters. The van der Waals surface area contributed by atoms with E-state index in [1.807, 2.05) is 0 Å². The number of aromatic nitrogens is 3. The number of aryl methyl sites for hydroxylation is 1. The average Bonchev–Trinajstić information content (AvgIpc) is 2.94. The molecular weight excluding hydrogens is 376 g/mol. The van der Waals surface area contributed by atoms with Crippen LogP contribution < -0.4 is 0 Å². The zero-order valence-corrected chi connectivity index (χ0v) is 15.9. The predicted octanol–water partition coefficient (Wildman–Crippen LogP) is 3.60. The summed E-state index contributed by atoms with van der Waals surface area (Å²) < 4.78 is 57.6. The van der Waals surface area contributed by atoms with Crippen LogP contribution in [0.15, 0.2) is 12.1 Å². The van der Waals surface area contributed by atoms with E-state index in [2.05, 4.69) is 10.2 Å². The van der Waals surface area contributed by atoms with Gasteiger partial charge in [0.05, 0.1) is 17.0 Å². The van der Waals surface area contributed by atoms with Crippen molar-refractivity contribution < 1.29 is 27.3 Å². The molecule has 0 saturated heterocycles. The molecule has 11 heteroatoms. The maximum Gasteiger partial charge on any atom is 0.410 e. The quantitative estimate of drug-likeness (QED) is 0.574. The molecule has 2 aromatic rings. The normalized spacial score (nSPS) is 14.6. The minimum Gasteiger partial charge on any atom is -0.444 e. The molecule has 1 amide bonds. The van der Waals surface area contributed by atoms with Gasteiger partial charge in [-0.1, -0.05) is 0 Å². The zero-order valence-electron chi connectivity index (χ0n) is 18.9. The highest BCUT2D eigenvalue weighted by molar-refractivity contribution is 5.70. The van der Waals surface area contributed by atoms with Gasteiger partial charge in [0.1, 0.15) is 22.8 Å². The van der Waals surface area contributed by atoms with Gasteiger partial charge >= 0.3 is 11.8 Å². The summed E-state index contributed by atoms with van der Waals surface area (Å²) in [5, 5.41) is 18.9. The van der Waals surface area contributed by atoms with Gasteiger partial charge in [-0.05, 0) is 33.7 Å². The van der Waals surface area contributed by atoms with Crippen LogP contribution >= 0.6 is 0 Å².